The number of hydrogen-bond acceptors (Lipinski definition) is 3. The van der Waals surface area contributed by atoms with Gasteiger partial charge in [-0.1, -0.05) is 151 Å². The third-order valence-corrected chi connectivity index (χ3v) is 14.4. The van der Waals surface area contributed by atoms with Gasteiger partial charge in [-0.05, 0) is 122 Å². The van der Waals surface area contributed by atoms with Crippen LogP contribution in [0.1, 0.15) is 155 Å². The molecule has 0 unspecified atom stereocenters. The van der Waals surface area contributed by atoms with Crippen LogP contribution in [0.3, 0.4) is 0 Å². The van der Waals surface area contributed by atoms with E-state index in [0.29, 0.717) is 0 Å². The van der Waals surface area contributed by atoms with E-state index in [-0.39, 0.29) is 39.2 Å². The van der Waals surface area contributed by atoms with Gasteiger partial charge < -0.3 is 4.90 Å². The summed E-state index contributed by atoms with van der Waals surface area (Å²) in [5.74, 6) is 1.08. The quantitative estimate of drug-likeness (QED) is 0.164. The zero-order valence-electron chi connectivity index (χ0n) is 37.5. The molecule has 9 rings (SSSR count). The number of rotatable bonds is 2. The van der Waals surface area contributed by atoms with Crippen LogP contribution in [0.5, 0.6) is 0 Å². The van der Waals surface area contributed by atoms with E-state index in [1.54, 1.807) is 0 Å². The maximum Gasteiger partial charge on any atom is 0.254 e. The number of pyridine rings is 1. The fraction of sp³-hybridized carbons (Fsp3) is 0.453. The second kappa shape index (κ2) is 11.9. The lowest BCUT2D eigenvalue weighted by molar-refractivity contribution is 0.324. The molecule has 3 heterocycles. The molecule has 0 amide bonds. The van der Waals surface area contributed by atoms with Crippen LogP contribution in [0, 0.1) is 6.92 Å². The average Bonchev–Trinajstić information content (AvgIpc) is 3.31. The van der Waals surface area contributed by atoms with Crippen molar-refractivity contribution in [2.75, 3.05) is 9.80 Å². The highest BCUT2D eigenvalue weighted by molar-refractivity contribution is 7.00. The standard InChI is InChI=1S/C53H64BN3/c1-32-16-27-40-39(30-32)54-38-26-25-37-41(53(14,15)31-52(37,12)13)44(38)57(36-23-19-34(20-24-36)49(5,6)7)45-42-46(51(10,11)29-28-50(42,8)9)55-47(43(45)54)56(40)35-21-17-33(18-22-35)48(2,3)4/h16-27,30H,28-29,31H2,1-15H3. The predicted molar refractivity (Wildman–Crippen MR) is 246 cm³/mol. The summed E-state index contributed by atoms with van der Waals surface area (Å²) in [7, 11) is 0. The van der Waals surface area contributed by atoms with Crippen molar-refractivity contribution >= 4 is 57.4 Å². The first-order valence-corrected chi connectivity index (χ1v) is 21.6. The van der Waals surface area contributed by atoms with Gasteiger partial charge in [-0.25, -0.2) is 4.98 Å². The minimum Gasteiger partial charge on any atom is -0.311 e. The van der Waals surface area contributed by atoms with Crippen LogP contribution >= 0.6 is 0 Å². The number of fused-ring (bicyclic) bond motifs is 8. The van der Waals surface area contributed by atoms with Gasteiger partial charge in [0, 0.05) is 33.7 Å². The summed E-state index contributed by atoms with van der Waals surface area (Å²) in [4.78, 5) is 11.3. The van der Waals surface area contributed by atoms with Gasteiger partial charge in [-0.15, -0.1) is 0 Å². The second-order valence-electron chi connectivity index (χ2n) is 22.8. The topological polar surface area (TPSA) is 19.4 Å². The van der Waals surface area contributed by atoms with Gasteiger partial charge in [0.25, 0.3) is 6.71 Å². The number of hydrogen-bond donors (Lipinski definition) is 0. The molecule has 0 saturated heterocycles. The summed E-state index contributed by atoms with van der Waals surface area (Å²) in [6.07, 6.45) is 3.34. The minimum absolute atomic E-state index is 0.0130. The number of aromatic nitrogens is 1. The first-order chi connectivity index (χ1) is 26.4. The summed E-state index contributed by atoms with van der Waals surface area (Å²) in [5, 5.41) is 0. The van der Waals surface area contributed by atoms with E-state index >= 15 is 0 Å². The Hall–Kier alpha value is -4.31. The Morgan fingerprint density at radius 3 is 1.70 bits per heavy atom. The molecule has 0 radical (unpaired) electrons. The van der Waals surface area contributed by atoms with Gasteiger partial charge in [0.1, 0.15) is 5.82 Å². The molecule has 0 N–H and O–H groups in total. The lowest BCUT2D eigenvalue weighted by Crippen LogP contribution is -2.63. The van der Waals surface area contributed by atoms with Crippen molar-refractivity contribution in [3.8, 4) is 0 Å². The Kier molecular flexibility index (Phi) is 7.98. The van der Waals surface area contributed by atoms with Gasteiger partial charge in [0.2, 0.25) is 0 Å². The third kappa shape index (κ3) is 5.62. The SMILES string of the molecule is Cc1ccc2c(c1)B1c3ccc4c(c3N(c3ccc(C(C)(C)C)cc3)c3c1c(nc1c3C(C)(C)CCC1(C)C)N2c1ccc(C(C)(C)C)cc1)C(C)(C)CC4(C)C. The van der Waals surface area contributed by atoms with Gasteiger partial charge in [0.05, 0.1) is 11.4 Å². The first kappa shape index (κ1) is 38.2. The molecule has 0 fully saturated rings. The van der Waals surface area contributed by atoms with Gasteiger partial charge in [-0.2, -0.15) is 0 Å². The minimum atomic E-state index is -0.0941. The molecule has 0 bridgehead atoms. The largest absolute Gasteiger partial charge is 0.311 e. The van der Waals surface area contributed by atoms with Crippen molar-refractivity contribution < 1.29 is 0 Å². The average molecular weight is 754 g/mol. The molecule has 4 heteroatoms. The molecule has 4 aromatic carbocycles. The number of aryl methyl sites for hydroxylation is 1. The van der Waals surface area contributed by atoms with Crippen molar-refractivity contribution in [3.63, 3.8) is 0 Å². The Labute approximate surface area is 344 Å². The molecule has 3 nitrogen and oxygen atoms in total. The lowest BCUT2D eigenvalue weighted by atomic mass is 9.33. The van der Waals surface area contributed by atoms with Crippen LogP contribution in [-0.4, -0.2) is 11.7 Å². The molecular weight excluding hydrogens is 689 g/mol. The van der Waals surface area contributed by atoms with Crippen LogP contribution in [0.25, 0.3) is 0 Å². The maximum atomic E-state index is 6.02. The van der Waals surface area contributed by atoms with E-state index in [2.05, 4.69) is 193 Å². The van der Waals surface area contributed by atoms with Gasteiger partial charge >= 0.3 is 0 Å². The Morgan fingerprint density at radius 2 is 1.12 bits per heavy atom. The number of benzene rings is 4. The van der Waals surface area contributed by atoms with Crippen molar-refractivity contribution in [2.24, 2.45) is 0 Å². The molecule has 294 valence electrons. The summed E-state index contributed by atoms with van der Waals surface area (Å²) in [5.41, 5.74) is 20.2. The molecular formula is C53H64BN3. The van der Waals surface area contributed by atoms with E-state index in [1.165, 1.54) is 78.2 Å². The molecule has 57 heavy (non-hydrogen) atoms. The predicted octanol–water partition coefficient (Wildman–Crippen LogP) is 12.4. The van der Waals surface area contributed by atoms with Crippen molar-refractivity contribution in [1.82, 2.24) is 4.98 Å². The van der Waals surface area contributed by atoms with Crippen molar-refractivity contribution in [1.29, 1.82) is 0 Å². The van der Waals surface area contributed by atoms with E-state index in [4.69, 9.17) is 4.98 Å². The molecule has 5 aromatic rings. The molecule has 0 atom stereocenters. The monoisotopic (exact) mass is 754 g/mol. The number of nitrogens with zero attached hydrogens (tertiary/aromatic N) is 3. The van der Waals surface area contributed by atoms with Crippen LogP contribution in [0.4, 0.5) is 34.3 Å². The summed E-state index contributed by atoms with van der Waals surface area (Å²) in [6.45, 7) is 36.0. The molecule has 1 aromatic heterocycles. The van der Waals surface area contributed by atoms with Gasteiger partial charge in [0.15, 0.2) is 0 Å². The third-order valence-electron chi connectivity index (χ3n) is 14.4. The summed E-state index contributed by atoms with van der Waals surface area (Å²) in [6, 6.07) is 31.1. The normalized spacial score (nSPS) is 19.4. The fourth-order valence-electron chi connectivity index (χ4n) is 11.4. The summed E-state index contributed by atoms with van der Waals surface area (Å²) < 4.78 is 0. The van der Waals surface area contributed by atoms with Crippen LogP contribution in [-0.2, 0) is 32.5 Å². The highest BCUT2D eigenvalue weighted by Gasteiger charge is 2.53. The van der Waals surface area contributed by atoms with E-state index in [0.717, 1.165) is 30.8 Å². The summed E-state index contributed by atoms with van der Waals surface area (Å²) >= 11 is 0. The zero-order chi connectivity index (χ0) is 41.0. The lowest BCUT2D eigenvalue weighted by Gasteiger charge is -2.50. The van der Waals surface area contributed by atoms with Crippen molar-refractivity contribution in [2.45, 2.75) is 156 Å². The molecule has 4 aliphatic rings. The van der Waals surface area contributed by atoms with Crippen molar-refractivity contribution in [3.05, 3.63) is 118 Å². The zero-order valence-corrected chi connectivity index (χ0v) is 37.5. The van der Waals surface area contributed by atoms with E-state index < -0.39 is 0 Å². The number of anilines is 6. The van der Waals surface area contributed by atoms with E-state index in [9.17, 15) is 0 Å². The van der Waals surface area contributed by atoms with E-state index in [1.807, 2.05) is 0 Å². The van der Waals surface area contributed by atoms with Gasteiger partial charge in [-0.3, -0.25) is 4.90 Å². The fourth-order valence-corrected chi connectivity index (χ4v) is 11.4. The van der Waals surface area contributed by atoms with Crippen LogP contribution in [0.2, 0.25) is 0 Å². The molecule has 2 aliphatic heterocycles. The highest BCUT2D eigenvalue weighted by atomic mass is 15.2. The maximum absolute atomic E-state index is 6.02. The molecule has 2 aliphatic carbocycles. The Balaban J connectivity index is 1.47. The molecule has 0 spiro atoms. The second-order valence-corrected chi connectivity index (χ2v) is 22.8. The Morgan fingerprint density at radius 1 is 0.561 bits per heavy atom. The molecule has 0 saturated carbocycles. The smallest absolute Gasteiger partial charge is 0.254 e. The van der Waals surface area contributed by atoms with Crippen LogP contribution in [0.15, 0.2) is 78.9 Å². The van der Waals surface area contributed by atoms with Crippen LogP contribution < -0.4 is 26.2 Å². The Bertz CT molecular complexity index is 2470. The highest BCUT2D eigenvalue weighted by Crippen LogP contribution is 2.58. The first-order valence-electron chi connectivity index (χ1n) is 21.6.